The van der Waals surface area contributed by atoms with Gasteiger partial charge in [0.2, 0.25) is 5.78 Å². The first-order valence-corrected chi connectivity index (χ1v) is 10.7. The number of nitrogens with one attached hydrogen (secondary N) is 1. The van der Waals surface area contributed by atoms with E-state index in [2.05, 4.69) is 4.98 Å². The van der Waals surface area contributed by atoms with Gasteiger partial charge in [0.1, 0.15) is 11.5 Å². The number of ketones is 1. The topological polar surface area (TPSA) is 116 Å². The lowest BCUT2D eigenvalue weighted by Crippen LogP contribution is -2.33. The fourth-order valence-corrected chi connectivity index (χ4v) is 4.39. The second-order valence-electron chi connectivity index (χ2n) is 8.04. The predicted molar refractivity (Wildman–Crippen MR) is 124 cm³/mol. The van der Waals surface area contributed by atoms with Crippen molar-refractivity contribution in [3.05, 3.63) is 95.3 Å². The van der Waals surface area contributed by atoms with E-state index in [0.717, 1.165) is 22.2 Å². The summed E-state index contributed by atoms with van der Waals surface area (Å²) in [6.07, 6.45) is 3.71. The Bertz CT molecular complexity index is 1400. The zero-order valence-corrected chi connectivity index (χ0v) is 18.3. The minimum atomic E-state index is -0.828. The first kappa shape index (κ1) is 21.4. The molecule has 0 spiro atoms. The van der Waals surface area contributed by atoms with Gasteiger partial charge >= 0.3 is 0 Å². The molecule has 8 heteroatoms. The number of phenolic OH excluding ortho intramolecular Hbond substituents is 1. The van der Waals surface area contributed by atoms with Crippen LogP contribution in [0.25, 0.3) is 10.9 Å². The van der Waals surface area contributed by atoms with Gasteiger partial charge in [-0.25, -0.2) is 0 Å². The monoisotopic (exact) mass is 458 g/mol. The number of benzene rings is 2. The molecule has 0 aliphatic carbocycles. The average Bonchev–Trinajstić information content (AvgIpc) is 3.58. The number of carbonyl (C=O) groups is 2. The van der Waals surface area contributed by atoms with E-state index in [9.17, 15) is 19.8 Å². The molecule has 2 aromatic carbocycles. The summed E-state index contributed by atoms with van der Waals surface area (Å²) in [5.74, 6) is -0.986. The molecule has 1 aliphatic heterocycles. The summed E-state index contributed by atoms with van der Waals surface area (Å²) < 4.78 is 10.6. The number of carbonyl (C=O) groups excluding carboxylic acids is 2. The molecule has 0 saturated carbocycles. The SMILES string of the molecule is COc1ccc2[nH]cc(CCN3C(=O)C(O)=C(C(=O)c4ccco4)C3c3ccc(O)cc3)c2c1. The van der Waals surface area contributed by atoms with Crippen molar-refractivity contribution in [1.82, 2.24) is 9.88 Å². The van der Waals surface area contributed by atoms with E-state index in [4.69, 9.17) is 9.15 Å². The smallest absolute Gasteiger partial charge is 0.290 e. The highest BCUT2D eigenvalue weighted by Gasteiger charge is 2.44. The van der Waals surface area contributed by atoms with Crippen LogP contribution in [-0.2, 0) is 11.2 Å². The standard InChI is InChI=1S/C26H22N2O6/c1-33-18-8-9-20-19(13-18)16(14-27-20)10-11-28-23(15-4-6-17(29)7-5-15)22(25(31)26(28)32)24(30)21-3-2-12-34-21/h2-9,12-14,23,27,29,31H,10-11H2,1H3. The molecule has 4 aromatic rings. The van der Waals surface area contributed by atoms with Crippen molar-refractivity contribution in [3.8, 4) is 11.5 Å². The summed E-state index contributed by atoms with van der Waals surface area (Å²) >= 11 is 0. The number of ether oxygens (including phenoxy) is 1. The third-order valence-corrected chi connectivity index (χ3v) is 6.10. The highest BCUT2D eigenvalue weighted by Crippen LogP contribution is 2.39. The summed E-state index contributed by atoms with van der Waals surface area (Å²) in [6, 6.07) is 14.2. The molecule has 0 fully saturated rings. The van der Waals surface area contributed by atoms with Gasteiger partial charge in [0.15, 0.2) is 11.5 Å². The number of hydrogen-bond acceptors (Lipinski definition) is 6. The van der Waals surface area contributed by atoms with Crippen LogP contribution in [0.1, 0.15) is 27.7 Å². The molecule has 3 heterocycles. The van der Waals surface area contributed by atoms with Crippen molar-refractivity contribution in [1.29, 1.82) is 0 Å². The first-order valence-electron chi connectivity index (χ1n) is 10.7. The lowest BCUT2D eigenvalue weighted by Gasteiger charge is -2.26. The minimum absolute atomic E-state index is 0.0312. The van der Waals surface area contributed by atoms with E-state index in [1.807, 2.05) is 24.4 Å². The summed E-state index contributed by atoms with van der Waals surface area (Å²) in [5, 5.41) is 21.4. The number of Topliss-reactive ketones (excluding diaryl/α,β-unsaturated/α-hetero) is 1. The Morgan fingerprint density at radius 1 is 1.15 bits per heavy atom. The van der Waals surface area contributed by atoms with Crippen molar-refractivity contribution >= 4 is 22.6 Å². The van der Waals surface area contributed by atoms with Crippen molar-refractivity contribution in [2.75, 3.05) is 13.7 Å². The average molecular weight is 458 g/mol. The zero-order chi connectivity index (χ0) is 23.8. The van der Waals surface area contributed by atoms with Crippen LogP contribution >= 0.6 is 0 Å². The van der Waals surface area contributed by atoms with E-state index < -0.39 is 23.5 Å². The molecule has 1 amide bonds. The Balaban J connectivity index is 1.50. The number of furan rings is 1. The van der Waals surface area contributed by atoms with Crippen LogP contribution in [0.3, 0.4) is 0 Å². The van der Waals surface area contributed by atoms with Gasteiger partial charge in [-0.3, -0.25) is 9.59 Å². The number of phenols is 1. The number of hydrogen-bond donors (Lipinski definition) is 3. The van der Waals surface area contributed by atoms with Gasteiger partial charge in [0.05, 0.1) is 25.0 Å². The number of methoxy groups -OCH3 is 1. The first-order chi connectivity index (χ1) is 16.5. The maximum atomic E-state index is 13.2. The van der Waals surface area contributed by atoms with Crippen molar-refractivity contribution in [2.45, 2.75) is 12.5 Å². The predicted octanol–water partition coefficient (Wildman–Crippen LogP) is 4.30. The van der Waals surface area contributed by atoms with Crippen LogP contribution in [-0.4, -0.2) is 45.4 Å². The molecule has 2 aromatic heterocycles. The highest BCUT2D eigenvalue weighted by atomic mass is 16.5. The molecule has 5 rings (SSSR count). The molecule has 3 N–H and O–H groups in total. The Morgan fingerprint density at radius 3 is 2.65 bits per heavy atom. The lowest BCUT2D eigenvalue weighted by atomic mass is 9.95. The normalized spacial score (nSPS) is 16.0. The van der Waals surface area contributed by atoms with E-state index in [1.54, 1.807) is 25.3 Å². The molecule has 1 aliphatic rings. The van der Waals surface area contributed by atoms with Crippen molar-refractivity contribution in [3.63, 3.8) is 0 Å². The molecule has 0 radical (unpaired) electrons. The van der Waals surface area contributed by atoms with Gasteiger partial charge in [-0.15, -0.1) is 0 Å². The molecule has 172 valence electrons. The van der Waals surface area contributed by atoms with E-state index in [-0.39, 0.29) is 23.6 Å². The number of aromatic nitrogens is 1. The fourth-order valence-electron chi connectivity index (χ4n) is 4.39. The van der Waals surface area contributed by atoms with Crippen LogP contribution in [0, 0.1) is 0 Å². The fraction of sp³-hybridized carbons (Fsp3) is 0.154. The number of aromatic hydroxyl groups is 1. The van der Waals surface area contributed by atoms with E-state index in [1.165, 1.54) is 29.4 Å². The summed E-state index contributed by atoms with van der Waals surface area (Å²) in [4.78, 5) is 31.0. The Labute approximate surface area is 194 Å². The molecular weight excluding hydrogens is 436 g/mol. The Morgan fingerprint density at radius 2 is 1.94 bits per heavy atom. The van der Waals surface area contributed by atoms with Crippen LogP contribution < -0.4 is 4.74 Å². The highest BCUT2D eigenvalue weighted by molar-refractivity contribution is 6.15. The Kier molecular flexibility index (Phi) is 5.33. The quantitative estimate of drug-likeness (QED) is 0.356. The molecule has 0 bridgehead atoms. The molecular formula is C26H22N2O6. The van der Waals surface area contributed by atoms with Crippen LogP contribution in [0.4, 0.5) is 0 Å². The van der Waals surface area contributed by atoms with Crippen LogP contribution in [0.2, 0.25) is 0 Å². The molecule has 1 unspecified atom stereocenters. The summed E-state index contributed by atoms with van der Waals surface area (Å²) in [6.45, 7) is 0.244. The largest absolute Gasteiger partial charge is 0.508 e. The van der Waals surface area contributed by atoms with Gasteiger partial charge in [0, 0.05) is 23.6 Å². The summed E-state index contributed by atoms with van der Waals surface area (Å²) in [7, 11) is 1.60. The number of aromatic amines is 1. The number of fused-ring (bicyclic) bond motifs is 1. The van der Waals surface area contributed by atoms with E-state index in [0.29, 0.717) is 12.0 Å². The van der Waals surface area contributed by atoms with Gasteiger partial charge in [-0.05, 0) is 60.0 Å². The van der Waals surface area contributed by atoms with Gasteiger partial charge in [-0.1, -0.05) is 12.1 Å². The second-order valence-corrected chi connectivity index (χ2v) is 8.04. The van der Waals surface area contributed by atoms with Crippen LogP contribution in [0.5, 0.6) is 11.5 Å². The van der Waals surface area contributed by atoms with Crippen LogP contribution in [0.15, 0.2) is 82.8 Å². The minimum Gasteiger partial charge on any atom is -0.508 e. The number of H-pyrrole nitrogens is 1. The zero-order valence-electron chi connectivity index (χ0n) is 18.3. The van der Waals surface area contributed by atoms with E-state index >= 15 is 0 Å². The third-order valence-electron chi connectivity index (χ3n) is 6.10. The van der Waals surface area contributed by atoms with Gasteiger partial charge in [0.25, 0.3) is 5.91 Å². The van der Waals surface area contributed by atoms with Gasteiger partial charge in [-0.2, -0.15) is 0 Å². The van der Waals surface area contributed by atoms with Crippen molar-refractivity contribution in [2.24, 2.45) is 0 Å². The van der Waals surface area contributed by atoms with Gasteiger partial charge < -0.3 is 29.3 Å². The number of nitrogens with zero attached hydrogens (tertiary/aromatic N) is 1. The third kappa shape index (κ3) is 3.59. The number of rotatable bonds is 7. The number of aliphatic hydroxyl groups is 1. The maximum Gasteiger partial charge on any atom is 0.290 e. The molecule has 34 heavy (non-hydrogen) atoms. The van der Waals surface area contributed by atoms with Crippen molar-refractivity contribution < 1.29 is 29.0 Å². The molecule has 0 saturated heterocycles. The molecule has 1 atom stereocenters. The number of aliphatic hydroxyl groups excluding tert-OH is 1. The Hall–Kier alpha value is -4.46. The maximum absolute atomic E-state index is 13.2. The second kappa shape index (κ2) is 8.47. The molecule has 8 nitrogen and oxygen atoms in total. The summed E-state index contributed by atoms with van der Waals surface area (Å²) in [5.41, 5.74) is 2.45. The number of amides is 1. The lowest BCUT2D eigenvalue weighted by molar-refractivity contribution is -0.129.